The summed E-state index contributed by atoms with van der Waals surface area (Å²) in [6.07, 6.45) is 0. The van der Waals surface area contributed by atoms with Crippen LogP contribution in [-0.2, 0) is 4.79 Å². The SMILES string of the molecule is COc1cccc(-c2ccc(C#N)c(SCC(=O)Nc3ccc(C(C)=O)cc3)n2)c1. The van der Waals surface area contributed by atoms with Gasteiger partial charge in [-0.25, -0.2) is 4.98 Å². The van der Waals surface area contributed by atoms with E-state index in [1.807, 2.05) is 24.3 Å². The monoisotopic (exact) mass is 417 g/mol. The Bertz CT molecular complexity index is 1120. The number of carbonyl (C=O) groups is 2. The average molecular weight is 417 g/mol. The summed E-state index contributed by atoms with van der Waals surface area (Å²) in [4.78, 5) is 28.2. The lowest BCUT2D eigenvalue weighted by molar-refractivity contribution is -0.113. The Labute approximate surface area is 178 Å². The van der Waals surface area contributed by atoms with Gasteiger partial charge in [0.25, 0.3) is 0 Å². The Balaban J connectivity index is 1.71. The van der Waals surface area contributed by atoms with E-state index in [2.05, 4.69) is 16.4 Å². The molecule has 0 aliphatic rings. The van der Waals surface area contributed by atoms with Crippen LogP contribution in [0.25, 0.3) is 11.3 Å². The van der Waals surface area contributed by atoms with Crippen LogP contribution in [0.1, 0.15) is 22.8 Å². The molecule has 3 rings (SSSR count). The number of ketones is 1. The van der Waals surface area contributed by atoms with Gasteiger partial charge in [0.05, 0.1) is 24.1 Å². The van der Waals surface area contributed by atoms with E-state index in [0.29, 0.717) is 33.3 Å². The summed E-state index contributed by atoms with van der Waals surface area (Å²) in [6, 6.07) is 19.8. The topological polar surface area (TPSA) is 92.1 Å². The molecule has 6 nitrogen and oxygen atoms in total. The van der Waals surface area contributed by atoms with Crippen molar-refractivity contribution in [2.24, 2.45) is 0 Å². The number of thioether (sulfide) groups is 1. The first kappa shape index (κ1) is 21.1. The minimum atomic E-state index is -0.229. The molecular formula is C23H19N3O3S. The number of rotatable bonds is 7. The molecule has 0 bridgehead atoms. The highest BCUT2D eigenvalue weighted by Crippen LogP contribution is 2.27. The van der Waals surface area contributed by atoms with Crippen LogP contribution in [0.4, 0.5) is 5.69 Å². The fraction of sp³-hybridized carbons (Fsp3) is 0.130. The van der Waals surface area contributed by atoms with Gasteiger partial charge in [-0.05, 0) is 55.5 Å². The Morgan fingerprint density at radius 2 is 1.90 bits per heavy atom. The molecule has 0 unspecified atom stereocenters. The minimum absolute atomic E-state index is 0.0329. The zero-order valence-corrected chi connectivity index (χ0v) is 17.3. The standard InChI is InChI=1S/C23H19N3O3S/c1-15(27)16-6-9-19(10-7-16)25-22(28)14-30-23-18(13-24)8-11-21(26-23)17-4-3-5-20(12-17)29-2/h3-12H,14H2,1-2H3,(H,25,28). The number of aromatic nitrogens is 1. The maximum atomic E-state index is 12.3. The maximum Gasteiger partial charge on any atom is 0.234 e. The molecule has 0 aliphatic heterocycles. The molecule has 1 N–H and O–H groups in total. The van der Waals surface area contributed by atoms with Crippen LogP contribution in [0, 0.1) is 11.3 Å². The van der Waals surface area contributed by atoms with Crippen molar-refractivity contribution in [1.82, 2.24) is 4.98 Å². The Hall–Kier alpha value is -3.63. The minimum Gasteiger partial charge on any atom is -0.497 e. The van der Waals surface area contributed by atoms with Gasteiger partial charge in [0, 0.05) is 16.8 Å². The summed E-state index contributed by atoms with van der Waals surface area (Å²) >= 11 is 1.19. The van der Waals surface area contributed by atoms with Gasteiger partial charge in [0.15, 0.2) is 5.78 Å². The first-order valence-corrected chi connectivity index (χ1v) is 10.1. The average Bonchev–Trinajstić information content (AvgIpc) is 2.77. The van der Waals surface area contributed by atoms with Crippen LogP contribution >= 0.6 is 11.8 Å². The number of nitriles is 1. The summed E-state index contributed by atoms with van der Waals surface area (Å²) < 4.78 is 5.25. The van der Waals surface area contributed by atoms with Gasteiger partial charge >= 0.3 is 0 Å². The van der Waals surface area contributed by atoms with Gasteiger partial charge < -0.3 is 10.1 Å². The lowest BCUT2D eigenvalue weighted by Crippen LogP contribution is -2.14. The fourth-order valence-corrected chi connectivity index (χ4v) is 3.47. The first-order chi connectivity index (χ1) is 14.5. The molecule has 0 aliphatic carbocycles. The van der Waals surface area contributed by atoms with E-state index >= 15 is 0 Å². The molecule has 0 saturated carbocycles. The summed E-state index contributed by atoms with van der Waals surface area (Å²) in [5.41, 5.74) is 3.14. The molecule has 0 spiro atoms. The van der Waals surface area contributed by atoms with Crippen molar-refractivity contribution in [3.05, 3.63) is 71.8 Å². The number of ether oxygens (including phenoxy) is 1. The number of benzene rings is 2. The summed E-state index contributed by atoms with van der Waals surface area (Å²) in [7, 11) is 1.60. The molecule has 0 radical (unpaired) electrons. The van der Waals surface area contributed by atoms with E-state index in [9.17, 15) is 14.9 Å². The van der Waals surface area contributed by atoms with Gasteiger partial charge in [0.1, 0.15) is 16.8 Å². The number of nitrogens with one attached hydrogen (secondary N) is 1. The molecule has 0 atom stereocenters. The highest BCUT2D eigenvalue weighted by atomic mass is 32.2. The van der Waals surface area contributed by atoms with Crippen LogP contribution in [0.15, 0.2) is 65.7 Å². The smallest absolute Gasteiger partial charge is 0.234 e. The van der Waals surface area contributed by atoms with Crippen molar-refractivity contribution in [3.8, 4) is 23.1 Å². The number of methoxy groups -OCH3 is 1. The van der Waals surface area contributed by atoms with E-state index in [4.69, 9.17) is 4.74 Å². The number of amides is 1. The molecule has 3 aromatic rings. The van der Waals surface area contributed by atoms with Gasteiger partial charge in [-0.1, -0.05) is 23.9 Å². The van der Waals surface area contributed by atoms with E-state index in [1.165, 1.54) is 18.7 Å². The van der Waals surface area contributed by atoms with Gasteiger partial charge in [0.2, 0.25) is 5.91 Å². The number of carbonyl (C=O) groups excluding carboxylic acids is 2. The van der Waals surface area contributed by atoms with Crippen LogP contribution in [0.5, 0.6) is 5.75 Å². The molecule has 7 heteroatoms. The lowest BCUT2D eigenvalue weighted by Gasteiger charge is -2.09. The normalized spacial score (nSPS) is 10.2. The van der Waals surface area contributed by atoms with Crippen LogP contribution in [-0.4, -0.2) is 29.5 Å². The Morgan fingerprint density at radius 3 is 2.57 bits per heavy atom. The van der Waals surface area contributed by atoms with Crippen molar-refractivity contribution in [3.63, 3.8) is 0 Å². The number of Topliss-reactive ketones (excluding diaryl/α,β-unsaturated/α-hetero) is 1. The van der Waals surface area contributed by atoms with E-state index in [1.54, 1.807) is 43.5 Å². The second kappa shape index (κ2) is 9.72. The quantitative estimate of drug-likeness (QED) is 0.447. The lowest BCUT2D eigenvalue weighted by atomic mass is 10.1. The van der Waals surface area contributed by atoms with Gasteiger partial charge in [-0.3, -0.25) is 9.59 Å². The molecule has 1 heterocycles. The molecule has 2 aromatic carbocycles. The summed E-state index contributed by atoms with van der Waals surface area (Å²) in [5.74, 6) is 0.545. The van der Waals surface area contributed by atoms with Crippen LogP contribution in [0.3, 0.4) is 0 Å². The van der Waals surface area contributed by atoms with Crippen molar-refractivity contribution in [2.45, 2.75) is 11.9 Å². The van der Waals surface area contributed by atoms with Crippen LogP contribution < -0.4 is 10.1 Å². The predicted molar refractivity (Wildman–Crippen MR) is 117 cm³/mol. The second-order valence-corrected chi connectivity index (χ2v) is 7.33. The van der Waals surface area contributed by atoms with Crippen molar-refractivity contribution < 1.29 is 14.3 Å². The highest BCUT2D eigenvalue weighted by Gasteiger charge is 2.11. The number of hydrogen-bond acceptors (Lipinski definition) is 6. The maximum absolute atomic E-state index is 12.3. The Kier molecular flexibility index (Phi) is 6.83. The molecule has 1 amide bonds. The van der Waals surface area contributed by atoms with Crippen LogP contribution in [0.2, 0.25) is 0 Å². The van der Waals surface area contributed by atoms with Crippen molar-refractivity contribution >= 4 is 29.1 Å². The number of hydrogen-bond donors (Lipinski definition) is 1. The van der Waals surface area contributed by atoms with E-state index in [0.717, 1.165) is 5.56 Å². The molecule has 150 valence electrons. The number of nitrogens with zero attached hydrogens (tertiary/aromatic N) is 2. The van der Waals surface area contributed by atoms with Gasteiger partial charge in [-0.15, -0.1) is 0 Å². The zero-order valence-electron chi connectivity index (χ0n) is 16.5. The zero-order chi connectivity index (χ0) is 21.5. The van der Waals surface area contributed by atoms with Crippen molar-refractivity contribution in [2.75, 3.05) is 18.2 Å². The molecule has 1 aromatic heterocycles. The predicted octanol–water partition coefficient (Wildman–Crippen LogP) is 4.56. The molecule has 30 heavy (non-hydrogen) atoms. The molecule has 0 saturated heterocycles. The van der Waals surface area contributed by atoms with E-state index in [-0.39, 0.29) is 17.4 Å². The third kappa shape index (κ3) is 5.25. The fourth-order valence-electron chi connectivity index (χ4n) is 2.70. The second-order valence-electron chi connectivity index (χ2n) is 6.36. The summed E-state index contributed by atoms with van der Waals surface area (Å²) in [6.45, 7) is 1.49. The number of anilines is 1. The highest BCUT2D eigenvalue weighted by molar-refractivity contribution is 8.00. The van der Waals surface area contributed by atoms with Gasteiger partial charge in [-0.2, -0.15) is 5.26 Å². The third-order valence-electron chi connectivity index (χ3n) is 4.26. The largest absolute Gasteiger partial charge is 0.497 e. The summed E-state index contributed by atoms with van der Waals surface area (Å²) in [5, 5.41) is 12.6. The van der Waals surface area contributed by atoms with Crippen molar-refractivity contribution in [1.29, 1.82) is 5.26 Å². The first-order valence-electron chi connectivity index (χ1n) is 9.09. The Morgan fingerprint density at radius 1 is 1.13 bits per heavy atom. The number of pyridine rings is 1. The molecular weight excluding hydrogens is 398 g/mol. The third-order valence-corrected chi connectivity index (χ3v) is 5.25. The van der Waals surface area contributed by atoms with E-state index < -0.39 is 0 Å². The molecule has 0 fully saturated rings.